The molecule has 0 aromatic heterocycles. The molecule has 0 unspecified atom stereocenters. The molecule has 2 heterocycles. The van der Waals surface area contributed by atoms with E-state index < -0.39 is 0 Å². The summed E-state index contributed by atoms with van der Waals surface area (Å²) < 4.78 is 5.32. The zero-order valence-electron chi connectivity index (χ0n) is 12.8. The summed E-state index contributed by atoms with van der Waals surface area (Å²) in [6.45, 7) is 6.68. The SMILES string of the molecule is CCN1CCN(C(=O)Cc2ccc3c(c2)NC(=O)CO3)CC1. The summed E-state index contributed by atoms with van der Waals surface area (Å²) in [7, 11) is 0. The van der Waals surface area contributed by atoms with Crippen LogP contribution in [0.5, 0.6) is 5.75 Å². The first-order chi connectivity index (χ1) is 10.7. The maximum absolute atomic E-state index is 12.4. The predicted molar refractivity (Wildman–Crippen MR) is 83.0 cm³/mol. The quantitative estimate of drug-likeness (QED) is 0.894. The minimum atomic E-state index is -0.160. The van der Waals surface area contributed by atoms with Crippen molar-refractivity contribution in [2.45, 2.75) is 13.3 Å². The number of carbonyl (C=O) groups is 2. The van der Waals surface area contributed by atoms with Crippen molar-refractivity contribution in [1.82, 2.24) is 9.80 Å². The molecule has 0 atom stereocenters. The second-order valence-corrected chi connectivity index (χ2v) is 5.66. The van der Waals surface area contributed by atoms with Crippen LogP contribution in [-0.4, -0.2) is 60.9 Å². The van der Waals surface area contributed by atoms with E-state index in [1.54, 1.807) is 0 Å². The molecule has 1 aromatic rings. The number of anilines is 1. The van der Waals surface area contributed by atoms with E-state index >= 15 is 0 Å². The summed E-state index contributed by atoms with van der Waals surface area (Å²) in [5.74, 6) is 0.637. The Labute approximate surface area is 130 Å². The maximum atomic E-state index is 12.4. The van der Waals surface area contributed by atoms with Crippen molar-refractivity contribution in [1.29, 1.82) is 0 Å². The molecule has 1 saturated heterocycles. The van der Waals surface area contributed by atoms with Crippen LogP contribution in [0.15, 0.2) is 18.2 Å². The number of nitrogens with zero attached hydrogens (tertiary/aromatic N) is 2. The number of fused-ring (bicyclic) bond motifs is 1. The van der Waals surface area contributed by atoms with Crippen LogP contribution in [0.2, 0.25) is 0 Å². The summed E-state index contributed by atoms with van der Waals surface area (Å²) in [5, 5.41) is 2.77. The fourth-order valence-electron chi connectivity index (χ4n) is 2.84. The number of piperazine rings is 1. The third kappa shape index (κ3) is 3.22. The highest BCUT2D eigenvalue weighted by Gasteiger charge is 2.21. The molecular formula is C16H21N3O3. The van der Waals surface area contributed by atoms with Crippen LogP contribution in [0.4, 0.5) is 5.69 Å². The predicted octanol–water partition coefficient (Wildman–Crippen LogP) is 0.724. The van der Waals surface area contributed by atoms with Crippen molar-refractivity contribution in [2.75, 3.05) is 44.6 Å². The van der Waals surface area contributed by atoms with Gasteiger partial charge in [-0.25, -0.2) is 0 Å². The average Bonchev–Trinajstić information content (AvgIpc) is 2.54. The number of carbonyl (C=O) groups excluding carboxylic acids is 2. The number of amides is 2. The smallest absolute Gasteiger partial charge is 0.262 e. The third-order valence-corrected chi connectivity index (χ3v) is 4.20. The molecule has 2 aliphatic rings. The Kier molecular flexibility index (Phi) is 4.29. The van der Waals surface area contributed by atoms with Crippen LogP contribution < -0.4 is 10.1 Å². The number of ether oxygens (including phenoxy) is 1. The number of benzene rings is 1. The Hall–Kier alpha value is -2.08. The molecule has 6 nitrogen and oxygen atoms in total. The van der Waals surface area contributed by atoms with Gasteiger partial charge in [-0.3, -0.25) is 9.59 Å². The van der Waals surface area contributed by atoms with E-state index in [4.69, 9.17) is 4.74 Å². The largest absolute Gasteiger partial charge is 0.482 e. The lowest BCUT2D eigenvalue weighted by molar-refractivity contribution is -0.132. The molecule has 1 N–H and O–H groups in total. The van der Waals surface area contributed by atoms with Crippen molar-refractivity contribution >= 4 is 17.5 Å². The summed E-state index contributed by atoms with van der Waals surface area (Å²) in [4.78, 5) is 28.0. The van der Waals surface area contributed by atoms with Crippen molar-refractivity contribution in [3.05, 3.63) is 23.8 Å². The van der Waals surface area contributed by atoms with E-state index in [0.29, 0.717) is 17.9 Å². The van der Waals surface area contributed by atoms with Gasteiger partial charge in [0.1, 0.15) is 5.75 Å². The van der Waals surface area contributed by atoms with Crippen LogP contribution in [0.1, 0.15) is 12.5 Å². The van der Waals surface area contributed by atoms with Crippen molar-refractivity contribution in [3.8, 4) is 5.75 Å². The van der Waals surface area contributed by atoms with Crippen molar-refractivity contribution in [2.24, 2.45) is 0 Å². The summed E-state index contributed by atoms with van der Waals surface area (Å²) >= 11 is 0. The number of hydrogen-bond acceptors (Lipinski definition) is 4. The summed E-state index contributed by atoms with van der Waals surface area (Å²) in [6.07, 6.45) is 0.356. The standard InChI is InChI=1S/C16H21N3O3/c1-2-18-5-7-19(8-6-18)16(21)10-12-3-4-14-13(9-12)17-15(20)11-22-14/h3-4,9H,2,5-8,10-11H2,1H3,(H,17,20). The topological polar surface area (TPSA) is 61.9 Å². The molecule has 2 aliphatic heterocycles. The first-order valence-corrected chi connectivity index (χ1v) is 7.71. The lowest BCUT2D eigenvalue weighted by Gasteiger charge is -2.34. The molecule has 6 heteroatoms. The molecule has 0 radical (unpaired) electrons. The normalized spacial score (nSPS) is 18.4. The second kappa shape index (κ2) is 6.36. The third-order valence-electron chi connectivity index (χ3n) is 4.20. The van der Waals surface area contributed by atoms with Gasteiger partial charge in [0.05, 0.1) is 12.1 Å². The van der Waals surface area contributed by atoms with Crippen LogP contribution in [0, 0.1) is 0 Å². The fraction of sp³-hybridized carbons (Fsp3) is 0.500. The Balaban J connectivity index is 1.62. The van der Waals surface area contributed by atoms with Crippen LogP contribution in [0.25, 0.3) is 0 Å². The van der Waals surface area contributed by atoms with E-state index in [1.807, 2.05) is 23.1 Å². The lowest BCUT2D eigenvalue weighted by Crippen LogP contribution is -2.48. The van der Waals surface area contributed by atoms with Crippen molar-refractivity contribution in [3.63, 3.8) is 0 Å². The first kappa shape index (κ1) is 14.8. The Morgan fingerprint density at radius 1 is 1.27 bits per heavy atom. The van der Waals surface area contributed by atoms with E-state index in [2.05, 4.69) is 17.1 Å². The minimum absolute atomic E-state index is 0.0486. The van der Waals surface area contributed by atoms with Crippen LogP contribution in [-0.2, 0) is 16.0 Å². The molecule has 1 aromatic carbocycles. The molecule has 0 saturated carbocycles. The van der Waals surface area contributed by atoms with Crippen molar-refractivity contribution < 1.29 is 14.3 Å². The average molecular weight is 303 g/mol. The van der Waals surface area contributed by atoms with Gasteiger partial charge >= 0.3 is 0 Å². The molecule has 22 heavy (non-hydrogen) atoms. The Bertz CT molecular complexity index is 580. The lowest BCUT2D eigenvalue weighted by atomic mass is 10.1. The minimum Gasteiger partial charge on any atom is -0.482 e. The molecule has 118 valence electrons. The Morgan fingerprint density at radius 2 is 2.05 bits per heavy atom. The summed E-state index contributed by atoms with van der Waals surface area (Å²) in [6, 6.07) is 5.52. The van der Waals surface area contributed by atoms with E-state index in [-0.39, 0.29) is 18.4 Å². The fourth-order valence-corrected chi connectivity index (χ4v) is 2.84. The zero-order valence-corrected chi connectivity index (χ0v) is 12.8. The van der Waals surface area contributed by atoms with Crippen LogP contribution >= 0.6 is 0 Å². The zero-order chi connectivity index (χ0) is 15.5. The first-order valence-electron chi connectivity index (χ1n) is 7.71. The molecule has 1 fully saturated rings. The highest BCUT2D eigenvalue weighted by molar-refractivity contribution is 5.95. The number of nitrogens with one attached hydrogen (secondary N) is 1. The van der Waals surface area contributed by atoms with E-state index in [0.717, 1.165) is 38.3 Å². The van der Waals surface area contributed by atoms with Crippen LogP contribution in [0.3, 0.4) is 0 Å². The molecule has 3 rings (SSSR count). The van der Waals surface area contributed by atoms with Gasteiger partial charge in [0.2, 0.25) is 5.91 Å². The molecule has 0 spiro atoms. The van der Waals surface area contributed by atoms with Gasteiger partial charge in [-0.1, -0.05) is 13.0 Å². The maximum Gasteiger partial charge on any atom is 0.262 e. The van der Waals surface area contributed by atoms with Gasteiger partial charge in [0.25, 0.3) is 5.91 Å². The molecular weight excluding hydrogens is 282 g/mol. The monoisotopic (exact) mass is 303 g/mol. The highest BCUT2D eigenvalue weighted by Crippen LogP contribution is 2.28. The molecule has 0 bridgehead atoms. The number of likely N-dealkylation sites (N-methyl/N-ethyl adjacent to an activating group) is 1. The highest BCUT2D eigenvalue weighted by atomic mass is 16.5. The van der Waals surface area contributed by atoms with Gasteiger partial charge in [-0.05, 0) is 24.2 Å². The van der Waals surface area contributed by atoms with Gasteiger partial charge in [-0.2, -0.15) is 0 Å². The van der Waals surface area contributed by atoms with E-state index in [9.17, 15) is 9.59 Å². The second-order valence-electron chi connectivity index (χ2n) is 5.66. The molecule has 2 amide bonds. The molecule has 0 aliphatic carbocycles. The number of hydrogen-bond donors (Lipinski definition) is 1. The van der Waals surface area contributed by atoms with Gasteiger partial charge in [-0.15, -0.1) is 0 Å². The summed E-state index contributed by atoms with van der Waals surface area (Å²) in [5.41, 5.74) is 1.55. The van der Waals surface area contributed by atoms with Gasteiger partial charge in [0.15, 0.2) is 6.61 Å². The number of rotatable bonds is 3. The van der Waals surface area contributed by atoms with Gasteiger partial charge < -0.3 is 19.9 Å². The van der Waals surface area contributed by atoms with Gasteiger partial charge in [0, 0.05) is 26.2 Å². The Morgan fingerprint density at radius 3 is 2.77 bits per heavy atom. The van der Waals surface area contributed by atoms with E-state index in [1.165, 1.54) is 0 Å².